The van der Waals surface area contributed by atoms with Crippen molar-refractivity contribution in [1.29, 1.82) is 0 Å². The molecule has 0 aliphatic carbocycles. The Bertz CT molecular complexity index is 1020. The van der Waals surface area contributed by atoms with E-state index in [4.69, 9.17) is 9.47 Å². The molecule has 2 aliphatic rings. The van der Waals surface area contributed by atoms with Gasteiger partial charge in [0.25, 0.3) is 11.7 Å². The van der Waals surface area contributed by atoms with Gasteiger partial charge in [0.1, 0.15) is 24.8 Å². The van der Waals surface area contributed by atoms with Crippen LogP contribution in [0, 0.1) is 5.82 Å². The van der Waals surface area contributed by atoms with Crippen molar-refractivity contribution in [2.45, 2.75) is 19.4 Å². The number of aliphatic hydroxyl groups is 1. The highest BCUT2D eigenvalue weighted by Gasteiger charge is 2.46. The van der Waals surface area contributed by atoms with Gasteiger partial charge >= 0.3 is 0 Å². The molecule has 0 bridgehead atoms. The van der Waals surface area contributed by atoms with Crippen molar-refractivity contribution in [3.8, 4) is 11.5 Å². The number of benzene rings is 2. The molecule has 2 aromatic carbocycles. The highest BCUT2D eigenvalue weighted by atomic mass is 19.1. The number of amides is 1. The number of ketones is 1. The van der Waals surface area contributed by atoms with Crippen LogP contribution >= 0.6 is 0 Å². The molecule has 2 aliphatic heterocycles. The van der Waals surface area contributed by atoms with Gasteiger partial charge in [-0.2, -0.15) is 0 Å². The number of hydrogen-bond acceptors (Lipinski definition) is 5. The molecular formula is C22H20FNO5. The highest BCUT2D eigenvalue weighted by molar-refractivity contribution is 6.46. The molecular weight excluding hydrogens is 377 g/mol. The topological polar surface area (TPSA) is 76.1 Å². The molecule has 1 fully saturated rings. The molecule has 0 radical (unpaired) electrons. The van der Waals surface area contributed by atoms with Crippen LogP contribution in [0.4, 0.5) is 4.39 Å². The lowest BCUT2D eigenvalue weighted by Crippen LogP contribution is -2.30. The van der Waals surface area contributed by atoms with Crippen molar-refractivity contribution >= 4 is 17.4 Å². The summed E-state index contributed by atoms with van der Waals surface area (Å²) in [7, 11) is 0. The summed E-state index contributed by atoms with van der Waals surface area (Å²) in [5, 5.41) is 11.0. The maximum Gasteiger partial charge on any atom is 0.295 e. The summed E-state index contributed by atoms with van der Waals surface area (Å²) in [6.45, 7) is 2.92. The van der Waals surface area contributed by atoms with Gasteiger partial charge in [0.15, 0.2) is 11.5 Å². The van der Waals surface area contributed by atoms with E-state index in [9.17, 15) is 19.1 Å². The van der Waals surface area contributed by atoms with E-state index in [1.54, 1.807) is 24.3 Å². The number of ether oxygens (including phenoxy) is 2. The fraction of sp³-hybridized carbons (Fsp3) is 0.273. The van der Waals surface area contributed by atoms with Gasteiger partial charge in [-0.05, 0) is 30.7 Å². The molecule has 1 unspecified atom stereocenters. The summed E-state index contributed by atoms with van der Waals surface area (Å²) in [5.41, 5.74) is 0.328. The quantitative estimate of drug-likeness (QED) is 0.486. The van der Waals surface area contributed by atoms with Crippen molar-refractivity contribution in [2.24, 2.45) is 0 Å². The number of fused-ring (bicyclic) bond motifs is 1. The van der Waals surface area contributed by atoms with E-state index in [0.717, 1.165) is 0 Å². The second kappa shape index (κ2) is 7.58. The molecule has 2 aromatic rings. The number of Topliss-reactive ketones (excluding diaryl/α,β-unsaturated/α-hetero) is 1. The standard InChI is InChI=1S/C22H20FNO5/c1-2-9-24-19(14-5-3-4-6-15(14)23)18(21(26)22(24)27)20(25)13-7-8-16-17(12-13)29-11-10-28-16/h3-8,12,19,25H,2,9-11H2,1H3/b20-18+. The molecule has 150 valence electrons. The fourth-order valence-electron chi connectivity index (χ4n) is 3.72. The molecule has 2 heterocycles. The average Bonchev–Trinajstić information content (AvgIpc) is 2.98. The van der Waals surface area contributed by atoms with Crippen LogP contribution in [0.5, 0.6) is 11.5 Å². The van der Waals surface area contributed by atoms with E-state index < -0.39 is 23.5 Å². The zero-order valence-electron chi connectivity index (χ0n) is 15.9. The largest absolute Gasteiger partial charge is 0.507 e. The van der Waals surface area contributed by atoms with Crippen molar-refractivity contribution in [2.75, 3.05) is 19.8 Å². The summed E-state index contributed by atoms with van der Waals surface area (Å²) in [4.78, 5) is 26.7. The van der Waals surface area contributed by atoms with Crippen molar-refractivity contribution in [3.05, 3.63) is 65.0 Å². The van der Waals surface area contributed by atoms with Gasteiger partial charge in [0.2, 0.25) is 0 Å². The molecule has 6 nitrogen and oxygen atoms in total. The van der Waals surface area contributed by atoms with Gasteiger partial charge in [-0.1, -0.05) is 25.1 Å². The Hall–Kier alpha value is -3.35. The number of likely N-dealkylation sites (tertiary alicyclic amines) is 1. The van der Waals surface area contributed by atoms with Gasteiger partial charge in [-0.3, -0.25) is 9.59 Å². The summed E-state index contributed by atoms with van der Waals surface area (Å²) in [6, 6.07) is 9.72. The summed E-state index contributed by atoms with van der Waals surface area (Å²) in [6.07, 6.45) is 0.585. The molecule has 1 amide bonds. The minimum absolute atomic E-state index is 0.134. The minimum atomic E-state index is -0.996. The van der Waals surface area contributed by atoms with Gasteiger partial charge in [0, 0.05) is 17.7 Å². The van der Waals surface area contributed by atoms with Crippen molar-refractivity contribution in [3.63, 3.8) is 0 Å². The lowest BCUT2D eigenvalue weighted by atomic mass is 9.94. The first kappa shape index (κ1) is 19.0. The zero-order chi connectivity index (χ0) is 20.5. The smallest absolute Gasteiger partial charge is 0.295 e. The molecule has 0 saturated carbocycles. The predicted octanol–water partition coefficient (Wildman–Crippen LogP) is 3.43. The Morgan fingerprint density at radius 1 is 1.14 bits per heavy atom. The van der Waals surface area contributed by atoms with Crippen LogP contribution in [0.25, 0.3) is 5.76 Å². The number of carbonyl (C=O) groups is 2. The molecule has 1 atom stereocenters. The maximum absolute atomic E-state index is 14.6. The van der Waals surface area contributed by atoms with E-state index in [1.165, 1.54) is 23.1 Å². The van der Waals surface area contributed by atoms with Crippen LogP contribution in [0.3, 0.4) is 0 Å². The molecule has 4 rings (SSSR count). The van der Waals surface area contributed by atoms with Crippen LogP contribution in [-0.2, 0) is 9.59 Å². The van der Waals surface area contributed by atoms with Gasteiger partial charge in [-0.15, -0.1) is 0 Å². The number of nitrogens with zero attached hydrogens (tertiary/aromatic N) is 1. The Kier molecular flexibility index (Phi) is 4.96. The number of hydrogen-bond donors (Lipinski definition) is 1. The number of rotatable bonds is 4. The third-order valence-corrected chi connectivity index (χ3v) is 5.02. The van der Waals surface area contributed by atoms with E-state index in [1.807, 2.05) is 6.92 Å². The second-order valence-electron chi connectivity index (χ2n) is 6.87. The monoisotopic (exact) mass is 397 g/mol. The van der Waals surface area contributed by atoms with Crippen LogP contribution < -0.4 is 9.47 Å². The van der Waals surface area contributed by atoms with E-state index in [2.05, 4.69) is 0 Å². The van der Waals surface area contributed by atoms with E-state index in [0.29, 0.717) is 36.7 Å². The Balaban J connectivity index is 1.87. The Morgan fingerprint density at radius 3 is 2.59 bits per heavy atom. The third-order valence-electron chi connectivity index (χ3n) is 5.02. The summed E-state index contributed by atoms with van der Waals surface area (Å²) < 4.78 is 25.6. The second-order valence-corrected chi connectivity index (χ2v) is 6.87. The van der Waals surface area contributed by atoms with Crippen LogP contribution in [0.1, 0.15) is 30.5 Å². The third kappa shape index (κ3) is 3.22. The fourth-order valence-corrected chi connectivity index (χ4v) is 3.72. The summed E-state index contributed by atoms with van der Waals surface area (Å²) >= 11 is 0. The zero-order valence-corrected chi connectivity index (χ0v) is 15.9. The molecule has 1 saturated heterocycles. The lowest BCUT2D eigenvalue weighted by Gasteiger charge is -2.25. The van der Waals surface area contributed by atoms with Gasteiger partial charge < -0.3 is 19.5 Å². The normalized spacial score (nSPS) is 20.2. The van der Waals surface area contributed by atoms with Crippen LogP contribution in [-0.4, -0.2) is 41.5 Å². The maximum atomic E-state index is 14.6. The molecule has 7 heteroatoms. The summed E-state index contributed by atoms with van der Waals surface area (Å²) in [5.74, 6) is -1.53. The average molecular weight is 397 g/mol. The van der Waals surface area contributed by atoms with Crippen LogP contribution in [0.2, 0.25) is 0 Å². The molecule has 1 N–H and O–H groups in total. The highest BCUT2D eigenvalue weighted by Crippen LogP contribution is 2.41. The first-order chi connectivity index (χ1) is 14.0. The first-order valence-electron chi connectivity index (χ1n) is 9.45. The van der Waals surface area contributed by atoms with Gasteiger partial charge in [-0.25, -0.2) is 4.39 Å². The van der Waals surface area contributed by atoms with Crippen molar-refractivity contribution < 1.29 is 28.6 Å². The van der Waals surface area contributed by atoms with E-state index in [-0.39, 0.29) is 23.4 Å². The number of halogens is 1. The minimum Gasteiger partial charge on any atom is -0.507 e. The van der Waals surface area contributed by atoms with E-state index >= 15 is 0 Å². The molecule has 0 spiro atoms. The van der Waals surface area contributed by atoms with Gasteiger partial charge in [0.05, 0.1) is 11.6 Å². The number of carbonyl (C=O) groups excluding carboxylic acids is 2. The van der Waals surface area contributed by atoms with Crippen LogP contribution in [0.15, 0.2) is 48.0 Å². The predicted molar refractivity (Wildman–Crippen MR) is 103 cm³/mol. The lowest BCUT2D eigenvalue weighted by molar-refractivity contribution is -0.139. The molecule has 0 aromatic heterocycles. The van der Waals surface area contributed by atoms with Crippen molar-refractivity contribution in [1.82, 2.24) is 4.90 Å². The number of aliphatic hydroxyl groups excluding tert-OH is 1. The Labute approximate surface area is 167 Å². The first-order valence-corrected chi connectivity index (χ1v) is 9.45. The Morgan fingerprint density at radius 2 is 1.86 bits per heavy atom. The molecule has 29 heavy (non-hydrogen) atoms. The SMILES string of the molecule is CCCN1C(=O)C(=O)/C(=C(/O)c2ccc3c(c2)OCCO3)C1c1ccccc1F.